The summed E-state index contributed by atoms with van der Waals surface area (Å²) in [5.41, 5.74) is 4.95. The molecular formula is C21H27N3O2. The van der Waals surface area contributed by atoms with E-state index in [0.717, 1.165) is 22.6 Å². The lowest BCUT2D eigenvalue weighted by atomic mass is 10.1. The molecule has 5 heteroatoms. The van der Waals surface area contributed by atoms with Crippen LogP contribution in [0.25, 0.3) is 0 Å². The number of hydrogen-bond donors (Lipinski definition) is 1. The molecule has 2 aromatic rings. The summed E-state index contributed by atoms with van der Waals surface area (Å²) >= 11 is 0. The van der Waals surface area contributed by atoms with Crippen molar-refractivity contribution in [1.82, 2.24) is 0 Å². The highest BCUT2D eigenvalue weighted by Gasteiger charge is 2.14. The molecule has 0 atom stereocenters. The molecule has 2 rings (SSSR count). The molecular weight excluding hydrogens is 326 g/mol. The number of aryl methyl sites for hydroxylation is 2. The zero-order valence-electron chi connectivity index (χ0n) is 16.2. The van der Waals surface area contributed by atoms with Crippen LogP contribution in [-0.2, 0) is 9.59 Å². The fraction of sp³-hybridized carbons (Fsp3) is 0.333. The first-order valence-corrected chi connectivity index (χ1v) is 8.70. The second kappa shape index (κ2) is 8.52. The van der Waals surface area contributed by atoms with Crippen LogP contribution < -0.4 is 15.1 Å². The van der Waals surface area contributed by atoms with E-state index in [1.54, 1.807) is 4.90 Å². The standard InChI is InChI=1S/C21H27N3O2/c1-15-6-7-18(14-16(15)2)22-21(26)12-13-24(17(3)25)20-10-8-19(9-11-20)23(4)5/h6-11,14H,12-13H2,1-5H3,(H,22,26). The van der Waals surface area contributed by atoms with Gasteiger partial charge in [-0.1, -0.05) is 6.07 Å². The van der Waals surface area contributed by atoms with E-state index in [4.69, 9.17) is 0 Å². The smallest absolute Gasteiger partial charge is 0.226 e. The molecule has 5 nitrogen and oxygen atoms in total. The van der Waals surface area contributed by atoms with Gasteiger partial charge in [0.15, 0.2) is 0 Å². The van der Waals surface area contributed by atoms with Crippen LogP contribution >= 0.6 is 0 Å². The summed E-state index contributed by atoms with van der Waals surface area (Å²) < 4.78 is 0. The van der Waals surface area contributed by atoms with Crippen molar-refractivity contribution in [3.63, 3.8) is 0 Å². The SMILES string of the molecule is CC(=O)N(CCC(=O)Nc1ccc(C)c(C)c1)c1ccc(N(C)C)cc1. The highest BCUT2D eigenvalue weighted by Crippen LogP contribution is 2.20. The highest BCUT2D eigenvalue weighted by atomic mass is 16.2. The van der Waals surface area contributed by atoms with E-state index in [2.05, 4.69) is 5.32 Å². The van der Waals surface area contributed by atoms with Gasteiger partial charge in [-0.05, 0) is 61.4 Å². The molecule has 0 saturated heterocycles. The quantitative estimate of drug-likeness (QED) is 0.860. The molecule has 0 unspecified atom stereocenters. The number of hydrogen-bond acceptors (Lipinski definition) is 3. The first kappa shape index (κ1) is 19.5. The molecule has 26 heavy (non-hydrogen) atoms. The third-order valence-corrected chi connectivity index (χ3v) is 4.41. The Morgan fingerprint density at radius 1 is 0.923 bits per heavy atom. The van der Waals surface area contributed by atoms with Gasteiger partial charge >= 0.3 is 0 Å². The van der Waals surface area contributed by atoms with Gasteiger partial charge in [-0.25, -0.2) is 0 Å². The van der Waals surface area contributed by atoms with E-state index in [1.165, 1.54) is 12.5 Å². The first-order valence-electron chi connectivity index (χ1n) is 8.70. The predicted molar refractivity (Wildman–Crippen MR) is 108 cm³/mol. The predicted octanol–water partition coefficient (Wildman–Crippen LogP) is 3.75. The molecule has 0 spiro atoms. The van der Waals surface area contributed by atoms with Gasteiger partial charge in [0, 0.05) is 51.0 Å². The lowest BCUT2D eigenvalue weighted by Crippen LogP contribution is -2.32. The maximum absolute atomic E-state index is 12.3. The Hall–Kier alpha value is -2.82. The van der Waals surface area contributed by atoms with Gasteiger partial charge in [-0.2, -0.15) is 0 Å². The van der Waals surface area contributed by atoms with Crippen molar-refractivity contribution in [1.29, 1.82) is 0 Å². The van der Waals surface area contributed by atoms with Crippen LogP contribution in [0.15, 0.2) is 42.5 Å². The average molecular weight is 353 g/mol. The van der Waals surface area contributed by atoms with E-state index in [9.17, 15) is 9.59 Å². The average Bonchev–Trinajstić information content (AvgIpc) is 2.58. The van der Waals surface area contributed by atoms with Gasteiger partial charge in [-0.3, -0.25) is 9.59 Å². The normalized spacial score (nSPS) is 10.3. The molecule has 0 saturated carbocycles. The Bertz CT molecular complexity index is 782. The van der Waals surface area contributed by atoms with Crippen molar-refractivity contribution in [3.8, 4) is 0 Å². The van der Waals surface area contributed by atoms with Gasteiger partial charge in [0.2, 0.25) is 11.8 Å². The van der Waals surface area contributed by atoms with Gasteiger partial charge in [0.05, 0.1) is 0 Å². The number of carbonyl (C=O) groups is 2. The van der Waals surface area contributed by atoms with Crippen LogP contribution in [0.3, 0.4) is 0 Å². The number of nitrogens with zero attached hydrogens (tertiary/aromatic N) is 2. The molecule has 2 aromatic carbocycles. The molecule has 0 fully saturated rings. The molecule has 0 bridgehead atoms. The van der Waals surface area contributed by atoms with Crippen LogP contribution in [0.2, 0.25) is 0 Å². The molecule has 0 aliphatic rings. The van der Waals surface area contributed by atoms with E-state index in [1.807, 2.05) is 75.3 Å². The lowest BCUT2D eigenvalue weighted by Gasteiger charge is -2.22. The van der Waals surface area contributed by atoms with Gasteiger partial charge in [0.25, 0.3) is 0 Å². The van der Waals surface area contributed by atoms with E-state index >= 15 is 0 Å². The minimum absolute atomic E-state index is 0.0819. The summed E-state index contributed by atoms with van der Waals surface area (Å²) in [5.74, 6) is -0.189. The van der Waals surface area contributed by atoms with Crippen LogP contribution in [0.4, 0.5) is 17.1 Å². The number of carbonyl (C=O) groups excluding carboxylic acids is 2. The van der Waals surface area contributed by atoms with Crippen LogP contribution in [-0.4, -0.2) is 32.5 Å². The fourth-order valence-corrected chi connectivity index (χ4v) is 2.66. The van der Waals surface area contributed by atoms with E-state index in [-0.39, 0.29) is 18.2 Å². The number of anilines is 3. The second-order valence-electron chi connectivity index (χ2n) is 6.68. The van der Waals surface area contributed by atoms with Gasteiger partial charge in [0.1, 0.15) is 0 Å². The van der Waals surface area contributed by atoms with Crippen molar-refractivity contribution in [2.24, 2.45) is 0 Å². The number of amides is 2. The molecule has 0 radical (unpaired) electrons. The third kappa shape index (κ3) is 5.09. The van der Waals surface area contributed by atoms with Crippen molar-refractivity contribution < 1.29 is 9.59 Å². The monoisotopic (exact) mass is 353 g/mol. The minimum Gasteiger partial charge on any atom is -0.378 e. The summed E-state index contributed by atoms with van der Waals surface area (Å²) in [7, 11) is 3.93. The molecule has 1 N–H and O–H groups in total. The Labute approximate surface area is 155 Å². The second-order valence-corrected chi connectivity index (χ2v) is 6.68. The summed E-state index contributed by atoms with van der Waals surface area (Å²) in [6.45, 7) is 5.90. The number of benzene rings is 2. The zero-order valence-corrected chi connectivity index (χ0v) is 16.2. The largest absolute Gasteiger partial charge is 0.378 e. The first-order chi connectivity index (χ1) is 12.3. The van der Waals surface area contributed by atoms with Crippen LogP contribution in [0, 0.1) is 13.8 Å². The van der Waals surface area contributed by atoms with Crippen LogP contribution in [0.5, 0.6) is 0 Å². The Morgan fingerprint density at radius 3 is 2.08 bits per heavy atom. The Balaban J connectivity index is 2.00. The van der Waals surface area contributed by atoms with Crippen LogP contribution in [0.1, 0.15) is 24.5 Å². The van der Waals surface area contributed by atoms with Gasteiger partial charge in [-0.15, -0.1) is 0 Å². The van der Waals surface area contributed by atoms with Crippen molar-refractivity contribution >= 4 is 28.9 Å². The molecule has 0 aromatic heterocycles. The maximum Gasteiger partial charge on any atom is 0.226 e. The topological polar surface area (TPSA) is 52.7 Å². The van der Waals surface area contributed by atoms with E-state index < -0.39 is 0 Å². The Kier molecular flexibility index (Phi) is 6.39. The fourth-order valence-electron chi connectivity index (χ4n) is 2.66. The lowest BCUT2D eigenvalue weighted by molar-refractivity contribution is -0.117. The molecule has 0 aliphatic heterocycles. The van der Waals surface area contributed by atoms with E-state index in [0.29, 0.717) is 6.54 Å². The van der Waals surface area contributed by atoms with Gasteiger partial charge < -0.3 is 15.1 Å². The zero-order chi connectivity index (χ0) is 19.3. The molecule has 0 heterocycles. The maximum atomic E-state index is 12.3. The number of rotatable bonds is 6. The van der Waals surface area contributed by atoms with Crippen molar-refractivity contribution in [2.75, 3.05) is 35.8 Å². The molecule has 138 valence electrons. The highest BCUT2D eigenvalue weighted by molar-refractivity contribution is 5.95. The molecule has 0 aliphatic carbocycles. The minimum atomic E-state index is -0.107. The summed E-state index contributed by atoms with van der Waals surface area (Å²) in [6.07, 6.45) is 0.238. The summed E-state index contributed by atoms with van der Waals surface area (Å²) in [4.78, 5) is 27.9. The summed E-state index contributed by atoms with van der Waals surface area (Å²) in [5, 5.41) is 2.90. The van der Waals surface area contributed by atoms with Crippen molar-refractivity contribution in [3.05, 3.63) is 53.6 Å². The van der Waals surface area contributed by atoms with Crippen molar-refractivity contribution in [2.45, 2.75) is 27.2 Å². The number of nitrogens with one attached hydrogen (secondary N) is 1. The molecule has 2 amide bonds. The third-order valence-electron chi connectivity index (χ3n) is 4.41. The Morgan fingerprint density at radius 2 is 1.54 bits per heavy atom. The summed E-state index contributed by atoms with van der Waals surface area (Å²) in [6, 6.07) is 13.6.